The third-order valence-electron chi connectivity index (χ3n) is 4.70. The Kier molecular flexibility index (Phi) is 6.50. The Labute approximate surface area is 114 Å². The first-order valence-electron chi connectivity index (χ1n) is 8.34. The first-order chi connectivity index (χ1) is 8.88. The first-order valence-corrected chi connectivity index (χ1v) is 8.34. The summed E-state index contributed by atoms with van der Waals surface area (Å²) in [6.45, 7) is 7.68. The Hall–Kier alpha value is -0.0800. The van der Waals surface area contributed by atoms with Gasteiger partial charge in [-0.2, -0.15) is 0 Å². The Bertz CT molecular complexity index is 205. The van der Waals surface area contributed by atoms with Crippen LogP contribution in [-0.2, 0) is 0 Å². The molecular formula is C16H32N2. The molecule has 0 radical (unpaired) electrons. The summed E-state index contributed by atoms with van der Waals surface area (Å²) < 4.78 is 0. The van der Waals surface area contributed by atoms with Crippen LogP contribution in [0.5, 0.6) is 0 Å². The van der Waals surface area contributed by atoms with Crippen molar-refractivity contribution in [3.8, 4) is 0 Å². The van der Waals surface area contributed by atoms with Crippen LogP contribution in [-0.4, -0.2) is 37.1 Å². The van der Waals surface area contributed by atoms with Crippen molar-refractivity contribution in [1.29, 1.82) is 0 Å². The van der Waals surface area contributed by atoms with Gasteiger partial charge in [-0.25, -0.2) is 0 Å². The van der Waals surface area contributed by atoms with Crippen molar-refractivity contribution in [2.24, 2.45) is 5.92 Å². The maximum absolute atomic E-state index is 3.60. The zero-order valence-electron chi connectivity index (χ0n) is 12.3. The number of rotatable bonds is 9. The van der Waals surface area contributed by atoms with Gasteiger partial charge >= 0.3 is 0 Å². The highest BCUT2D eigenvalue weighted by atomic mass is 15.1. The molecule has 2 nitrogen and oxygen atoms in total. The molecule has 1 aliphatic carbocycles. The molecule has 1 N–H and O–H groups in total. The molecule has 0 spiro atoms. The van der Waals surface area contributed by atoms with Crippen molar-refractivity contribution < 1.29 is 0 Å². The molecule has 2 aliphatic rings. The molecule has 106 valence electrons. The number of likely N-dealkylation sites (tertiary alicyclic amines) is 1. The summed E-state index contributed by atoms with van der Waals surface area (Å²) in [6.07, 6.45) is 12.8. The van der Waals surface area contributed by atoms with Crippen LogP contribution in [0.3, 0.4) is 0 Å². The van der Waals surface area contributed by atoms with E-state index in [1.807, 2.05) is 0 Å². The predicted molar refractivity (Wildman–Crippen MR) is 78.9 cm³/mol. The van der Waals surface area contributed by atoms with E-state index in [-0.39, 0.29) is 0 Å². The molecule has 1 aliphatic heterocycles. The lowest BCUT2D eigenvalue weighted by Crippen LogP contribution is -2.34. The molecular weight excluding hydrogens is 220 g/mol. The number of piperidine rings is 1. The highest BCUT2D eigenvalue weighted by Crippen LogP contribution is 2.20. The summed E-state index contributed by atoms with van der Waals surface area (Å²) in [5.74, 6) is 1.02. The Morgan fingerprint density at radius 2 is 1.67 bits per heavy atom. The van der Waals surface area contributed by atoms with E-state index in [9.17, 15) is 0 Å². The number of hydrogen-bond donors (Lipinski definition) is 1. The lowest BCUT2D eigenvalue weighted by molar-refractivity contribution is 0.179. The van der Waals surface area contributed by atoms with Crippen LogP contribution < -0.4 is 5.32 Å². The van der Waals surface area contributed by atoms with E-state index in [1.54, 1.807) is 0 Å². The summed E-state index contributed by atoms with van der Waals surface area (Å²) in [4.78, 5) is 2.69. The summed E-state index contributed by atoms with van der Waals surface area (Å²) in [5.41, 5.74) is 0. The molecule has 1 saturated heterocycles. The minimum absolute atomic E-state index is 0.893. The molecule has 0 aromatic carbocycles. The van der Waals surface area contributed by atoms with Crippen molar-refractivity contribution in [1.82, 2.24) is 10.2 Å². The van der Waals surface area contributed by atoms with Gasteiger partial charge in [-0.3, -0.25) is 0 Å². The van der Waals surface area contributed by atoms with Crippen LogP contribution in [0.4, 0.5) is 0 Å². The average Bonchev–Trinajstić information content (AvgIpc) is 3.22. The van der Waals surface area contributed by atoms with E-state index >= 15 is 0 Å². The van der Waals surface area contributed by atoms with Gasteiger partial charge < -0.3 is 10.2 Å². The normalized spacial score (nSPS) is 22.5. The standard InChI is InChI=1S/C16H32N2/c1-2-15-9-13-18(14-10-15)12-6-4-3-5-11-17-16-7-8-16/h15-17H,2-14H2,1H3. The average molecular weight is 252 g/mol. The number of nitrogens with zero attached hydrogens (tertiary/aromatic N) is 1. The third-order valence-corrected chi connectivity index (χ3v) is 4.70. The quantitative estimate of drug-likeness (QED) is 0.633. The molecule has 0 atom stereocenters. The second-order valence-electron chi connectivity index (χ2n) is 6.34. The van der Waals surface area contributed by atoms with Gasteiger partial charge in [0, 0.05) is 6.04 Å². The van der Waals surface area contributed by atoms with Crippen LogP contribution >= 0.6 is 0 Å². The van der Waals surface area contributed by atoms with Crippen molar-refractivity contribution >= 4 is 0 Å². The van der Waals surface area contributed by atoms with Crippen molar-refractivity contribution in [3.63, 3.8) is 0 Å². The molecule has 0 unspecified atom stereocenters. The molecule has 0 aromatic heterocycles. The van der Waals surface area contributed by atoms with E-state index < -0.39 is 0 Å². The number of nitrogens with one attached hydrogen (secondary N) is 1. The summed E-state index contributed by atoms with van der Waals surface area (Å²) in [5, 5.41) is 3.60. The van der Waals surface area contributed by atoms with Gasteiger partial charge in [0.15, 0.2) is 0 Å². The summed E-state index contributed by atoms with van der Waals surface area (Å²) >= 11 is 0. The fourth-order valence-corrected chi connectivity index (χ4v) is 3.03. The van der Waals surface area contributed by atoms with E-state index in [4.69, 9.17) is 0 Å². The molecule has 0 amide bonds. The topological polar surface area (TPSA) is 15.3 Å². The highest BCUT2D eigenvalue weighted by molar-refractivity contribution is 4.80. The fourth-order valence-electron chi connectivity index (χ4n) is 3.03. The van der Waals surface area contributed by atoms with E-state index in [2.05, 4.69) is 17.1 Å². The molecule has 0 aromatic rings. The van der Waals surface area contributed by atoms with Gasteiger partial charge in [-0.05, 0) is 70.6 Å². The maximum atomic E-state index is 3.60. The highest BCUT2D eigenvalue weighted by Gasteiger charge is 2.19. The molecule has 2 fully saturated rings. The first kappa shape index (κ1) is 14.3. The molecule has 0 bridgehead atoms. The molecule has 18 heavy (non-hydrogen) atoms. The zero-order valence-corrected chi connectivity index (χ0v) is 12.3. The monoisotopic (exact) mass is 252 g/mol. The zero-order chi connectivity index (χ0) is 12.6. The molecule has 2 rings (SSSR count). The van der Waals surface area contributed by atoms with Gasteiger partial charge in [0.05, 0.1) is 0 Å². The SMILES string of the molecule is CCC1CCN(CCCCCCNC2CC2)CC1. The maximum Gasteiger partial charge on any atom is 0.00682 e. The Balaban J connectivity index is 1.36. The second kappa shape index (κ2) is 8.16. The van der Waals surface area contributed by atoms with Gasteiger partial charge in [0.25, 0.3) is 0 Å². The van der Waals surface area contributed by atoms with Gasteiger partial charge in [0.1, 0.15) is 0 Å². The van der Waals surface area contributed by atoms with Crippen molar-refractivity contribution in [2.45, 2.75) is 70.8 Å². The lowest BCUT2D eigenvalue weighted by atomic mass is 9.94. The van der Waals surface area contributed by atoms with E-state index in [0.29, 0.717) is 0 Å². The van der Waals surface area contributed by atoms with Gasteiger partial charge in [-0.15, -0.1) is 0 Å². The van der Waals surface area contributed by atoms with Crippen molar-refractivity contribution in [3.05, 3.63) is 0 Å². The largest absolute Gasteiger partial charge is 0.314 e. The van der Waals surface area contributed by atoms with Crippen molar-refractivity contribution in [2.75, 3.05) is 26.2 Å². The lowest BCUT2D eigenvalue weighted by Gasteiger charge is -2.31. The smallest absolute Gasteiger partial charge is 0.00682 e. The fraction of sp³-hybridized carbons (Fsp3) is 1.00. The Morgan fingerprint density at radius 1 is 0.944 bits per heavy atom. The van der Waals surface area contributed by atoms with Crippen LogP contribution in [0, 0.1) is 5.92 Å². The Morgan fingerprint density at radius 3 is 2.33 bits per heavy atom. The van der Waals surface area contributed by atoms with Crippen LogP contribution in [0.15, 0.2) is 0 Å². The molecule has 1 heterocycles. The molecule has 1 saturated carbocycles. The second-order valence-corrected chi connectivity index (χ2v) is 6.34. The summed E-state index contributed by atoms with van der Waals surface area (Å²) in [6, 6.07) is 0.893. The van der Waals surface area contributed by atoms with Gasteiger partial charge in [-0.1, -0.05) is 26.2 Å². The minimum atomic E-state index is 0.893. The summed E-state index contributed by atoms with van der Waals surface area (Å²) in [7, 11) is 0. The van der Waals surface area contributed by atoms with Crippen LogP contribution in [0.2, 0.25) is 0 Å². The number of hydrogen-bond acceptors (Lipinski definition) is 2. The van der Waals surface area contributed by atoms with Crippen LogP contribution in [0.1, 0.15) is 64.7 Å². The molecule has 2 heteroatoms. The van der Waals surface area contributed by atoms with Crippen LogP contribution in [0.25, 0.3) is 0 Å². The minimum Gasteiger partial charge on any atom is -0.314 e. The number of unbranched alkanes of at least 4 members (excludes halogenated alkanes) is 3. The van der Waals surface area contributed by atoms with E-state index in [0.717, 1.165) is 12.0 Å². The predicted octanol–water partition coefficient (Wildman–Crippen LogP) is 3.42. The van der Waals surface area contributed by atoms with Gasteiger partial charge in [0.2, 0.25) is 0 Å². The van der Waals surface area contributed by atoms with E-state index in [1.165, 1.54) is 84.0 Å². The third kappa shape index (κ3) is 5.71.